The minimum atomic E-state index is 0.698. The molecule has 0 aliphatic carbocycles. The van der Waals surface area contributed by atoms with Crippen molar-refractivity contribution in [1.29, 1.82) is 0 Å². The number of hydrogen-bond donors (Lipinski definition) is 0. The van der Waals surface area contributed by atoms with Crippen LogP contribution in [0.5, 0.6) is 0 Å². The Hall–Kier alpha value is -5.15. The third kappa shape index (κ3) is 4.52. The van der Waals surface area contributed by atoms with Gasteiger partial charge < -0.3 is 0 Å². The van der Waals surface area contributed by atoms with Crippen molar-refractivity contribution in [3.63, 3.8) is 0 Å². The SMILES string of the molecule is CCc1nc(-c2cccc(-c3cccc4ccccc34)c2)nc(-c2ccc3cc(-c4ccccc4)ccc3c2)n1. The summed E-state index contributed by atoms with van der Waals surface area (Å²) in [6, 6.07) is 47.0. The second-order valence-electron chi connectivity index (χ2n) is 10.0. The molecule has 0 saturated heterocycles. The van der Waals surface area contributed by atoms with Gasteiger partial charge in [-0.2, -0.15) is 0 Å². The Morgan fingerprint density at radius 1 is 0.425 bits per heavy atom. The highest BCUT2D eigenvalue weighted by Gasteiger charge is 2.12. The van der Waals surface area contributed by atoms with E-state index in [-0.39, 0.29) is 0 Å². The molecule has 0 N–H and O–H groups in total. The summed E-state index contributed by atoms with van der Waals surface area (Å²) in [6.45, 7) is 2.08. The van der Waals surface area contributed by atoms with Gasteiger partial charge in [0.25, 0.3) is 0 Å². The van der Waals surface area contributed by atoms with E-state index < -0.39 is 0 Å². The van der Waals surface area contributed by atoms with Crippen LogP contribution in [0.15, 0.2) is 133 Å². The highest BCUT2D eigenvalue weighted by molar-refractivity contribution is 5.97. The minimum absolute atomic E-state index is 0.698. The number of aryl methyl sites for hydroxylation is 1. The number of benzene rings is 6. The average Bonchev–Trinajstić information content (AvgIpc) is 3.04. The van der Waals surface area contributed by atoms with Crippen molar-refractivity contribution in [3.8, 4) is 45.0 Å². The van der Waals surface area contributed by atoms with E-state index in [1.54, 1.807) is 0 Å². The van der Waals surface area contributed by atoms with Crippen LogP contribution < -0.4 is 0 Å². The molecule has 0 fully saturated rings. The molecule has 6 aromatic carbocycles. The Morgan fingerprint density at radius 2 is 1.02 bits per heavy atom. The first kappa shape index (κ1) is 23.9. The van der Waals surface area contributed by atoms with E-state index in [1.165, 1.54) is 32.8 Å². The zero-order chi connectivity index (χ0) is 26.9. The summed E-state index contributed by atoms with van der Waals surface area (Å²) in [7, 11) is 0. The molecule has 3 heteroatoms. The van der Waals surface area contributed by atoms with Crippen LogP contribution in [0.25, 0.3) is 66.6 Å². The average molecular weight is 514 g/mol. The Bertz CT molecular complexity index is 1990. The summed E-state index contributed by atoms with van der Waals surface area (Å²) in [5.41, 5.74) is 6.75. The van der Waals surface area contributed by atoms with Crippen molar-refractivity contribution in [3.05, 3.63) is 139 Å². The third-order valence-corrected chi connectivity index (χ3v) is 7.42. The fourth-order valence-electron chi connectivity index (χ4n) is 5.33. The van der Waals surface area contributed by atoms with E-state index in [1.807, 2.05) is 6.07 Å². The first-order valence-electron chi connectivity index (χ1n) is 13.7. The van der Waals surface area contributed by atoms with Gasteiger partial charge in [0.05, 0.1) is 0 Å². The quantitative estimate of drug-likeness (QED) is 0.230. The number of nitrogens with zero attached hydrogens (tertiary/aromatic N) is 3. The van der Waals surface area contributed by atoms with Crippen molar-refractivity contribution in [2.24, 2.45) is 0 Å². The normalized spacial score (nSPS) is 11.2. The maximum absolute atomic E-state index is 4.97. The van der Waals surface area contributed by atoms with Crippen molar-refractivity contribution < 1.29 is 0 Å². The molecule has 40 heavy (non-hydrogen) atoms. The lowest BCUT2D eigenvalue weighted by atomic mass is 9.97. The summed E-state index contributed by atoms with van der Waals surface area (Å²) in [5.74, 6) is 2.19. The van der Waals surface area contributed by atoms with Gasteiger partial charge in [-0.05, 0) is 62.0 Å². The van der Waals surface area contributed by atoms with Crippen LogP contribution in [0.2, 0.25) is 0 Å². The summed E-state index contributed by atoms with van der Waals surface area (Å²) < 4.78 is 0. The van der Waals surface area contributed by atoms with Crippen molar-refractivity contribution >= 4 is 21.5 Å². The number of aromatic nitrogens is 3. The van der Waals surface area contributed by atoms with E-state index in [0.717, 1.165) is 34.3 Å². The van der Waals surface area contributed by atoms with Gasteiger partial charge in [-0.1, -0.05) is 122 Å². The predicted octanol–water partition coefficient (Wildman–Crippen LogP) is 9.41. The molecular formula is C37H27N3. The monoisotopic (exact) mass is 513 g/mol. The summed E-state index contributed by atoms with van der Waals surface area (Å²) in [4.78, 5) is 14.6. The highest BCUT2D eigenvalue weighted by Crippen LogP contribution is 2.32. The molecular weight excluding hydrogens is 486 g/mol. The van der Waals surface area contributed by atoms with Crippen molar-refractivity contribution in [2.45, 2.75) is 13.3 Å². The van der Waals surface area contributed by atoms with E-state index in [4.69, 9.17) is 15.0 Å². The van der Waals surface area contributed by atoms with Crippen LogP contribution in [-0.4, -0.2) is 15.0 Å². The lowest BCUT2D eigenvalue weighted by Crippen LogP contribution is -2.02. The lowest BCUT2D eigenvalue weighted by Gasteiger charge is -2.11. The first-order valence-corrected chi connectivity index (χ1v) is 13.7. The standard InChI is InChI=1S/C37H27N3/c1-2-35-38-36(31-15-8-14-30(24-31)34-17-9-13-26-12-6-7-16-33(26)34)40-37(39-35)32-21-20-28-22-27(18-19-29(28)23-32)25-10-4-3-5-11-25/h3-24H,2H2,1H3. The van der Waals surface area contributed by atoms with Gasteiger partial charge >= 0.3 is 0 Å². The van der Waals surface area contributed by atoms with Crippen LogP contribution in [0.3, 0.4) is 0 Å². The number of hydrogen-bond acceptors (Lipinski definition) is 3. The molecule has 7 aromatic rings. The van der Waals surface area contributed by atoms with E-state index in [2.05, 4.69) is 134 Å². The fourth-order valence-corrected chi connectivity index (χ4v) is 5.33. The molecule has 0 aliphatic rings. The van der Waals surface area contributed by atoms with Crippen LogP contribution >= 0.6 is 0 Å². The molecule has 0 aliphatic heterocycles. The smallest absolute Gasteiger partial charge is 0.163 e. The van der Waals surface area contributed by atoms with Crippen LogP contribution in [0, 0.1) is 0 Å². The molecule has 0 saturated carbocycles. The maximum atomic E-state index is 4.97. The fraction of sp³-hybridized carbons (Fsp3) is 0.0541. The lowest BCUT2D eigenvalue weighted by molar-refractivity contribution is 0.910. The number of rotatable bonds is 5. The van der Waals surface area contributed by atoms with Crippen LogP contribution in [0.1, 0.15) is 12.7 Å². The van der Waals surface area contributed by atoms with Gasteiger partial charge in [0.1, 0.15) is 5.82 Å². The second kappa shape index (κ2) is 10.2. The minimum Gasteiger partial charge on any atom is -0.213 e. The Labute approximate surface area is 233 Å². The largest absolute Gasteiger partial charge is 0.213 e. The first-order chi connectivity index (χ1) is 19.7. The molecule has 7 rings (SSSR count). The van der Waals surface area contributed by atoms with E-state index in [9.17, 15) is 0 Å². The van der Waals surface area contributed by atoms with Gasteiger partial charge in [-0.25, -0.2) is 15.0 Å². The van der Waals surface area contributed by atoms with Crippen LogP contribution in [0.4, 0.5) is 0 Å². The maximum Gasteiger partial charge on any atom is 0.163 e. The topological polar surface area (TPSA) is 38.7 Å². The third-order valence-electron chi connectivity index (χ3n) is 7.42. The second-order valence-corrected chi connectivity index (χ2v) is 10.0. The Balaban J connectivity index is 1.29. The van der Waals surface area contributed by atoms with Gasteiger partial charge in [0.2, 0.25) is 0 Å². The molecule has 1 aromatic heterocycles. The van der Waals surface area contributed by atoms with Gasteiger partial charge in [0, 0.05) is 17.5 Å². The summed E-state index contributed by atoms with van der Waals surface area (Å²) >= 11 is 0. The summed E-state index contributed by atoms with van der Waals surface area (Å²) in [5, 5.41) is 4.82. The molecule has 0 unspecified atom stereocenters. The van der Waals surface area contributed by atoms with Crippen molar-refractivity contribution in [1.82, 2.24) is 15.0 Å². The van der Waals surface area contributed by atoms with E-state index in [0.29, 0.717) is 11.6 Å². The molecule has 0 spiro atoms. The molecule has 0 radical (unpaired) electrons. The number of fused-ring (bicyclic) bond motifs is 2. The zero-order valence-electron chi connectivity index (χ0n) is 22.3. The summed E-state index contributed by atoms with van der Waals surface area (Å²) in [6.07, 6.45) is 0.736. The molecule has 3 nitrogen and oxygen atoms in total. The molecule has 0 bridgehead atoms. The van der Waals surface area contributed by atoms with E-state index >= 15 is 0 Å². The Morgan fingerprint density at radius 3 is 1.82 bits per heavy atom. The van der Waals surface area contributed by atoms with Gasteiger partial charge in [0.15, 0.2) is 11.6 Å². The molecule has 0 atom stereocenters. The Kier molecular flexibility index (Phi) is 6.10. The predicted molar refractivity (Wildman–Crippen MR) is 166 cm³/mol. The highest BCUT2D eigenvalue weighted by atomic mass is 15.0. The molecule has 190 valence electrons. The van der Waals surface area contributed by atoms with Crippen LogP contribution in [-0.2, 0) is 6.42 Å². The van der Waals surface area contributed by atoms with Gasteiger partial charge in [-0.15, -0.1) is 0 Å². The van der Waals surface area contributed by atoms with Crippen molar-refractivity contribution in [2.75, 3.05) is 0 Å². The molecule has 1 heterocycles. The van der Waals surface area contributed by atoms with Gasteiger partial charge in [-0.3, -0.25) is 0 Å². The molecule has 0 amide bonds. The zero-order valence-corrected chi connectivity index (χ0v) is 22.3.